The minimum atomic E-state index is -0.828. The van der Waals surface area contributed by atoms with Gasteiger partial charge in [0.1, 0.15) is 12.6 Å². The van der Waals surface area contributed by atoms with Crippen molar-refractivity contribution in [2.45, 2.75) is 86.0 Å². The van der Waals surface area contributed by atoms with Crippen molar-refractivity contribution >= 4 is 12.1 Å². The van der Waals surface area contributed by atoms with E-state index in [0.29, 0.717) is 12.8 Å². The van der Waals surface area contributed by atoms with E-state index in [2.05, 4.69) is 52.2 Å². The van der Waals surface area contributed by atoms with Gasteiger partial charge in [-0.2, -0.15) is 0 Å². The van der Waals surface area contributed by atoms with Crippen molar-refractivity contribution in [2.24, 2.45) is 10.8 Å². The highest BCUT2D eigenvalue weighted by Crippen LogP contribution is 2.27. The predicted octanol–water partition coefficient (Wildman–Crippen LogP) is 5.02. The molecule has 0 fully saturated rings. The number of hydrogen-bond acceptors (Lipinski definition) is 5. The van der Waals surface area contributed by atoms with Crippen LogP contribution in [-0.2, 0) is 20.9 Å². The molecule has 1 rings (SSSR count). The van der Waals surface area contributed by atoms with Crippen molar-refractivity contribution < 1.29 is 19.1 Å². The van der Waals surface area contributed by atoms with Gasteiger partial charge < -0.3 is 14.8 Å². The van der Waals surface area contributed by atoms with Crippen LogP contribution in [0.3, 0.4) is 0 Å². The van der Waals surface area contributed by atoms with Crippen molar-refractivity contribution in [2.75, 3.05) is 7.11 Å². The van der Waals surface area contributed by atoms with Crippen LogP contribution in [-0.4, -0.2) is 30.9 Å². The van der Waals surface area contributed by atoms with Crippen LogP contribution in [0.5, 0.6) is 0 Å². The van der Waals surface area contributed by atoms with Crippen molar-refractivity contribution in [3.05, 3.63) is 35.9 Å². The van der Waals surface area contributed by atoms with Crippen LogP contribution in [0.15, 0.2) is 30.3 Å². The monoisotopic (exact) mass is 420 g/mol. The zero-order valence-electron chi connectivity index (χ0n) is 19.9. The van der Waals surface area contributed by atoms with Crippen LogP contribution in [0.1, 0.15) is 73.3 Å². The van der Waals surface area contributed by atoms with E-state index in [1.165, 1.54) is 7.11 Å². The lowest BCUT2D eigenvalue weighted by Gasteiger charge is -2.38. The summed E-state index contributed by atoms with van der Waals surface area (Å²) in [5.74, 6) is -0.341. The Morgan fingerprint density at radius 2 is 1.53 bits per heavy atom. The normalized spacial score (nSPS) is 15.1. The number of ether oxygens (including phenoxy) is 2. The van der Waals surface area contributed by atoms with Gasteiger partial charge in [0.2, 0.25) is 0 Å². The molecular formula is C24H40N2O4. The fraction of sp³-hybridized carbons (Fsp3) is 0.667. The molecule has 0 aliphatic rings. The van der Waals surface area contributed by atoms with Crippen LogP contribution < -0.4 is 10.6 Å². The van der Waals surface area contributed by atoms with Gasteiger partial charge in [0.05, 0.1) is 12.8 Å². The summed E-state index contributed by atoms with van der Waals surface area (Å²) < 4.78 is 10.4. The second-order valence-corrected chi connectivity index (χ2v) is 10.6. The van der Waals surface area contributed by atoms with Crippen LogP contribution in [0.2, 0.25) is 0 Å². The minimum Gasteiger partial charge on any atom is -0.468 e. The Bertz CT molecular complexity index is 677. The first-order valence-corrected chi connectivity index (χ1v) is 10.6. The molecule has 0 spiro atoms. The lowest BCUT2D eigenvalue weighted by Crippen LogP contribution is -2.62. The van der Waals surface area contributed by atoms with Gasteiger partial charge in [-0.1, -0.05) is 71.9 Å². The number of carbonyl (C=O) groups is 2. The Hall–Kier alpha value is -2.08. The summed E-state index contributed by atoms with van der Waals surface area (Å²) in [6.07, 6.45) is 1.53. The van der Waals surface area contributed by atoms with Gasteiger partial charge in [-0.3, -0.25) is 10.1 Å². The number of nitrogens with one attached hydrogen (secondary N) is 2. The molecule has 0 saturated carbocycles. The minimum absolute atomic E-state index is 0.0728. The number of methoxy groups -OCH3 is 1. The molecule has 30 heavy (non-hydrogen) atoms. The van der Waals surface area contributed by atoms with Gasteiger partial charge in [-0.25, -0.2) is 4.79 Å². The van der Waals surface area contributed by atoms with E-state index in [9.17, 15) is 9.59 Å². The third-order valence-corrected chi connectivity index (χ3v) is 4.76. The molecule has 0 unspecified atom stereocenters. The van der Waals surface area contributed by atoms with Gasteiger partial charge in [0.15, 0.2) is 0 Å². The maximum atomic E-state index is 12.6. The summed E-state index contributed by atoms with van der Waals surface area (Å²) in [6, 6.07) is 8.98. The third-order valence-electron chi connectivity index (χ3n) is 4.76. The average Bonchev–Trinajstić information content (AvgIpc) is 2.63. The lowest BCUT2D eigenvalue weighted by molar-refractivity contribution is -0.144. The van der Waals surface area contributed by atoms with Gasteiger partial charge >= 0.3 is 12.1 Å². The quantitative estimate of drug-likeness (QED) is 0.433. The Morgan fingerprint density at radius 1 is 0.933 bits per heavy atom. The molecule has 1 aromatic rings. The molecule has 2 N–H and O–H groups in total. The van der Waals surface area contributed by atoms with E-state index in [4.69, 9.17) is 9.47 Å². The van der Waals surface area contributed by atoms with Gasteiger partial charge in [0.25, 0.3) is 0 Å². The molecule has 6 heteroatoms. The largest absolute Gasteiger partial charge is 0.468 e. The maximum absolute atomic E-state index is 12.6. The molecule has 170 valence electrons. The van der Waals surface area contributed by atoms with Gasteiger partial charge in [0, 0.05) is 0 Å². The van der Waals surface area contributed by atoms with Crippen LogP contribution in [0.25, 0.3) is 0 Å². The highest BCUT2D eigenvalue weighted by Gasteiger charge is 2.35. The second-order valence-electron chi connectivity index (χ2n) is 10.6. The molecule has 0 radical (unpaired) electrons. The van der Waals surface area contributed by atoms with E-state index < -0.39 is 17.8 Å². The van der Waals surface area contributed by atoms with Crippen molar-refractivity contribution in [3.63, 3.8) is 0 Å². The molecule has 0 aromatic heterocycles. The van der Waals surface area contributed by atoms with Gasteiger partial charge in [-0.15, -0.1) is 0 Å². The summed E-state index contributed by atoms with van der Waals surface area (Å²) in [5.41, 5.74) is 0.0660. The van der Waals surface area contributed by atoms with E-state index in [0.717, 1.165) is 12.0 Å². The molecule has 6 nitrogen and oxygen atoms in total. The summed E-state index contributed by atoms with van der Waals surface area (Å²) in [6.45, 7) is 14.7. The summed E-state index contributed by atoms with van der Waals surface area (Å²) in [4.78, 5) is 25.0. The number of alkyl carbamates (subject to hydrolysis) is 1. The molecule has 0 aliphatic carbocycles. The number of carbonyl (C=O) groups excluding carboxylic acids is 2. The smallest absolute Gasteiger partial charge is 0.408 e. The van der Waals surface area contributed by atoms with Crippen LogP contribution in [0, 0.1) is 10.8 Å². The molecular weight excluding hydrogens is 380 g/mol. The van der Waals surface area contributed by atoms with Gasteiger partial charge in [-0.05, 0) is 42.6 Å². The van der Waals surface area contributed by atoms with Crippen molar-refractivity contribution in [1.82, 2.24) is 10.6 Å². The van der Waals surface area contributed by atoms with Crippen molar-refractivity contribution in [1.29, 1.82) is 0 Å². The average molecular weight is 421 g/mol. The van der Waals surface area contributed by atoms with E-state index in [-0.39, 0.29) is 23.4 Å². The highest BCUT2D eigenvalue weighted by atomic mass is 16.5. The molecule has 1 amide bonds. The zero-order valence-corrected chi connectivity index (χ0v) is 19.9. The molecule has 2 atom stereocenters. The first kappa shape index (κ1) is 26.0. The van der Waals surface area contributed by atoms with Crippen LogP contribution in [0.4, 0.5) is 4.79 Å². The fourth-order valence-corrected chi connectivity index (χ4v) is 3.11. The Balaban J connectivity index is 2.93. The topological polar surface area (TPSA) is 76.7 Å². The van der Waals surface area contributed by atoms with Crippen LogP contribution >= 0.6 is 0 Å². The Labute approximate surface area is 182 Å². The summed E-state index contributed by atoms with van der Waals surface area (Å²) in [7, 11) is 1.38. The SMILES string of the molecule is COC(=O)[C@H](CC(C)(C)C)N[C@](C)(CCC(C)(C)C)NC(=O)OCc1ccccc1. The Morgan fingerprint density at radius 3 is 2.03 bits per heavy atom. The van der Waals surface area contributed by atoms with E-state index in [1.807, 2.05) is 37.3 Å². The molecule has 0 saturated heterocycles. The third kappa shape index (κ3) is 10.6. The second kappa shape index (κ2) is 10.8. The summed E-state index contributed by atoms with van der Waals surface area (Å²) in [5, 5.41) is 6.30. The number of benzene rings is 1. The van der Waals surface area contributed by atoms with E-state index in [1.54, 1.807) is 0 Å². The number of hydrogen-bond donors (Lipinski definition) is 2. The molecule has 1 aromatic carbocycles. The van der Waals surface area contributed by atoms with E-state index >= 15 is 0 Å². The first-order chi connectivity index (χ1) is 13.7. The number of amides is 1. The lowest BCUT2D eigenvalue weighted by atomic mass is 9.85. The first-order valence-electron chi connectivity index (χ1n) is 10.6. The standard InChI is InChI=1S/C24H40N2O4/c1-22(2,3)14-15-24(7,25-19(20(27)29-8)16-23(4,5)6)26-21(28)30-17-18-12-10-9-11-13-18/h9-13,19,25H,14-17H2,1-8H3,(H,26,28)/t19-,24-/m0/s1. The Kier molecular flexibility index (Phi) is 9.35. The maximum Gasteiger partial charge on any atom is 0.408 e. The predicted molar refractivity (Wildman–Crippen MR) is 120 cm³/mol. The molecule has 0 bridgehead atoms. The highest BCUT2D eigenvalue weighted by molar-refractivity contribution is 5.76. The molecule has 0 aliphatic heterocycles. The number of rotatable bonds is 9. The summed E-state index contributed by atoms with van der Waals surface area (Å²) >= 11 is 0. The zero-order chi connectivity index (χ0) is 23.0. The molecule has 0 heterocycles. The number of esters is 1. The van der Waals surface area contributed by atoms with Crippen molar-refractivity contribution in [3.8, 4) is 0 Å². The fourth-order valence-electron chi connectivity index (χ4n) is 3.11.